The number of aromatic nitrogens is 3. The number of amides is 1. The van der Waals surface area contributed by atoms with Gasteiger partial charge >= 0.3 is 12.1 Å². The molecule has 0 bridgehead atoms. The Morgan fingerprint density at radius 1 is 1.03 bits per heavy atom. The Bertz CT molecular complexity index is 1480. The fourth-order valence-corrected chi connectivity index (χ4v) is 4.30. The minimum atomic E-state index is -5.77. The van der Waals surface area contributed by atoms with Gasteiger partial charge in [-0.15, -0.1) is 0 Å². The maximum atomic E-state index is 14.4. The number of halogens is 5. The van der Waals surface area contributed by atoms with Crippen molar-refractivity contribution in [2.24, 2.45) is 0 Å². The van der Waals surface area contributed by atoms with Crippen molar-refractivity contribution in [3.05, 3.63) is 77.6 Å². The maximum Gasteiger partial charge on any atom is 0.458 e. The van der Waals surface area contributed by atoms with Crippen LogP contribution in [0.15, 0.2) is 60.9 Å². The Morgan fingerprint density at radius 3 is 2.56 bits per heavy atom. The SMILES string of the molecule is O=C(Nc1ccc(C(F)(F)C(F)(F)F)c(CN2CCOCC2)c1)c1cccnc1Nc1ccc2cn[nH]c2c1. The predicted octanol–water partition coefficient (Wildman–Crippen LogP) is 5.44. The molecular weight excluding hydrogens is 523 g/mol. The molecule has 0 radical (unpaired) electrons. The summed E-state index contributed by atoms with van der Waals surface area (Å²) in [5, 5.41) is 13.4. The lowest BCUT2D eigenvalue weighted by Gasteiger charge is -2.29. The third-order valence-corrected chi connectivity index (χ3v) is 6.31. The molecule has 0 saturated carbocycles. The molecule has 1 saturated heterocycles. The number of nitrogens with zero attached hydrogens (tertiary/aromatic N) is 3. The molecule has 1 fully saturated rings. The number of fused-ring (bicyclic) bond motifs is 1. The number of H-pyrrole nitrogens is 1. The van der Waals surface area contributed by atoms with Crippen LogP contribution in [0.5, 0.6) is 0 Å². The van der Waals surface area contributed by atoms with Crippen LogP contribution in [-0.4, -0.2) is 58.5 Å². The summed E-state index contributed by atoms with van der Waals surface area (Å²) in [5.74, 6) is -5.46. The molecule has 2 aromatic carbocycles. The van der Waals surface area contributed by atoms with Crippen molar-refractivity contribution in [1.29, 1.82) is 0 Å². The van der Waals surface area contributed by atoms with Gasteiger partial charge in [-0.05, 0) is 48.0 Å². The van der Waals surface area contributed by atoms with Gasteiger partial charge in [0.25, 0.3) is 5.91 Å². The van der Waals surface area contributed by atoms with Crippen LogP contribution in [0.1, 0.15) is 21.5 Å². The van der Waals surface area contributed by atoms with Gasteiger partial charge in [0.15, 0.2) is 0 Å². The molecule has 0 aliphatic carbocycles. The maximum absolute atomic E-state index is 14.4. The highest BCUT2D eigenvalue weighted by Crippen LogP contribution is 2.45. The van der Waals surface area contributed by atoms with E-state index in [1.54, 1.807) is 29.3 Å². The van der Waals surface area contributed by atoms with Gasteiger partial charge in [-0.1, -0.05) is 6.07 Å². The van der Waals surface area contributed by atoms with Gasteiger partial charge in [-0.25, -0.2) is 4.98 Å². The number of benzene rings is 2. The number of hydrogen-bond acceptors (Lipinski definition) is 6. The zero-order valence-electron chi connectivity index (χ0n) is 20.4. The highest BCUT2D eigenvalue weighted by molar-refractivity contribution is 6.08. The highest BCUT2D eigenvalue weighted by atomic mass is 19.4. The third-order valence-electron chi connectivity index (χ3n) is 6.31. The van der Waals surface area contributed by atoms with Gasteiger partial charge in [0.05, 0.1) is 30.5 Å². The molecule has 0 unspecified atom stereocenters. The quantitative estimate of drug-likeness (QED) is 0.267. The summed E-state index contributed by atoms with van der Waals surface area (Å²) < 4.78 is 73.7. The fourth-order valence-electron chi connectivity index (χ4n) is 4.30. The summed E-state index contributed by atoms with van der Waals surface area (Å²) in [6.45, 7) is 1.27. The highest BCUT2D eigenvalue weighted by Gasteiger charge is 2.59. The van der Waals surface area contributed by atoms with Crippen LogP contribution in [0.3, 0.4) is 0 Å². The number of anilines is 3. The zero-order valence-corrected chi connectivity index (χ0v) is 20.4. The molecule has 39 heavy (non-hydrogen) atoms. The molecule has 0 spiro atoms. The lowest BCUT2D eigenvalue weighted by Crippen LogP contribution is -2.38. The molecule has 13 heteroatoms. The third kappa shape index (κ3) is 5.68. The molecular formula is C26H23F5N6O2. The average Bonchev–Trinajstić information content (AvgIpc) is 3.37. The smallest absolute Gasteiger partial charge is 0.379 e. The first-order chi connectivity index (χ1) is 18.6. The second kappa shape index (κ2) is 10.6. The van der Waals surface area contributed by atoms with E-state index >= 15 is 0 Å². The molecule has 3 N–H and O–H groups in total. The first-order valence-electron chi connectivity index (χ1n) is 12.0. The van der Waals surface area contributed by atoms with Crippen LogP contribution in [0, 0.1) is 0 Å². The molecule has 204 valence electrons. The van der Waals surface area contributed by atoms with Crippen molar-refractivity contribution in [2.75, 3.05) is 36.9 Å². The molecule has 0 atom stereocenters. The molecule has 5 rings (SSSR count). The van der Waals surface area contributed by atoms with Crippen molar-refractivity contribution < 1.29 is 31.5 Å². The molecule has 3 heterocycles. The summed E-state index contributed by atoms with van der Waals surface area (Å²) in [5.41, 5.74) is 0.212. The topological polar surface area (TPSA) is 95.2 Å². The van der Waals surface area contributed by atoms with Gasteiger partial charge in [0.1, 0.15) is 5.82 Å². The first-order valence-corrected chi connectivity index (χ1v) is 12.0. The van der Waals surface area contributed by atoms with E-state index in [0.29, 0.717) is 38.1 Å². The second-order valence-corrected chi connectivity index (χ2v) is 8.98. The summed E-state index contributed by atoms with van der Waals surface area (Å²) in [6.07, 6.45) is -2.61. The number of nitrogens with one attached hydrogen (secondary N) is 3. The minimum absolute atomic E-state index is 0.0682. The number of carbonyl (C=O) groups is 1. The van der Waals surface area contributed by atoms with Crippen molar-refractivity contribution in [1.82, 2.24) is 20.1 Å². The van der Waals surface area contributed by atoms with E-state index in [2.05, 4.69) is 25.8 Å². The van der Waals surface area contributed by atoms with Crippen LogP contribution < -0.4 is 10.6 Å². The molecule has 1 amide bonds. The lowest BCUT2D eigenvalue weighted by molar-refractivity contribution is -0.289. The summed E-state index contributed by atoms with van der Waals surface area (Å²) in [7, 11) is 0. The Labute approximate surface area is 219 Å². The number of aromatic amines is 1. The van der Waals surface area contributed by atoms with Crippen molar-refractivity contribution in [3.8, 4) is 0 Å². The summed E-state index contributed by atoms with van der Waals surface area (Å²) in [4.78, 5) is 19.1. The Morgan fingerprint density at radius 2 is 1.79 bits per heavy atom. The van der Waals surface area contributed by atoms with E-state index in [1.165, 1.54) is 12.3 Å². The number of alkyl halides is 5. The van der Waals surface area contributed by atoms with Crippen LogP contribution >= 0.6 is 0 Å². The first kappa shape index (κ1) is 26.5. The minimum Gasteiger partial charge on any atom is -0.379 e. The van der Waals surface area contributed by atoms with Crippen LogP contribution in [0.4, 0.5) is 39.1 Å². The van der Waals surface area contributed by atoms with E-state index in [1.807, 2.05) is 6.07 Å². The normalized spacial score (nSPS) is 14.9. The van der Waals surface area contributed by atoms with Gasteiger partial charge < -0.3 is 15.4 Å². The van der Waals surface area contributed by atoms with Crippen molar-refractivity contribution in [2.45, 2.75) is 18.6 Å². The Kier molecular flexibility index (Phi) is 7.19. The van der Waals surface area contributed by atoms with Gasteiger partial charge in [0, 0.05) is 48.2 Å². The number of hydrogen-bond donors (Lipinski definition) is 3. The monoisotopic (exact) mass is 546 g/mol. The van der Waals surface area contributed by atoms with E-state index in [0.717, 1.165) is 23.0 Å². The van der Waals surface area contributed by atoms with E-state index in [9.17, 15) is 26.7 Å². The van der Waals surface area contributed by atoms with Crippen molar-refractivity contribution in [3.63, 3.8) is 0 Å². The molecule has 1 aliphatic rings. The van der Waals surface area contributed by atoms with Gasteiger partial charge in [-0.2, -0.15) is 27.1 Å². The van der Waals surface area contributed by atoms with Crippen LogP contribution in [0.25, 0.3) is 10.9 Å². The molecule has 8 nitrogen and oxygen atoms in total. The molecule has 2 aromatic heterocycles. The number of morpholine rings is 1. The van der Waals surface area contributed by atoms with E-state index in [-0.39, 0.29) is 29.2 Å². The van der Waals surface area contributed by atoms with E-state index in [4.69, 9.17) is 4.74 Å². The predicted molar refractivity (Wildman–Crippen MR) is 134 cm³/mol. The number of rotatable bonds is 7. The lowest BCUT2D eigenvalue weighted by atomic mass is 9.99. The van der Waals surface area contributed by atoms with Crippen LogP contribution in [0.2, 0.25) is 0 Å². The summed E-state index contributed by atoms with van der Waals surface area (Å²) in [6, 6.07) is 11.4. The van der Waals surface area contributed by atoms with E-state index < -0.39 is 23.6 Å². The second-order valence-electron chi connectivity index (χ2n) is 8.98. The average molecular weight is 547 g/mol. The summed E-state index contributed by atoms with van der Waals surface area (Å²) >= 11 is 0. The van der Waals surface area contributed by atoms with Crippen molar-refractivity contribution >= 4 is 34.0 Å². The molecule has 1 aliphatic heterocycles. The van der Waals surface area contributed by atoms with Gasteiger partial charge in [-0.3, -0.25) is 14.8 Å². The standard InChI is InChI=1S/C26H23F5N6O2/c27-25(28,26(29,30)31)21-6-5-18(12-17(21)15-37-8-10-39-11-9-37)35-24(38)20-2-1-7-32-23(20)34-19-4-3-16-14-33-36-22(16)13-19/h1-7,12-14H,8-11,15H2,(H,32,34)(H,33,36)(H,35,38). The Balaban J connectivity index is 1.41. The number of ether oxygens (including phenoxy) is 1. The largest absolute Gasteiger partial charge is 0.458 e. The van der Waals surface area contributed by atoms with Crippen LogP contribution in [-0.2, 0) is 17.2 Å². The number of pyridine rings is 1. The molecule has 4 aromatic rings. The van der Waals surface area contributed by atoms with Gasteiger partial charge in [0.2, 0.25) is 0 Å². The zero-order chi connectivity index (χ0) is 27.6. The number of carbonyl (C=O) groups excluding carboxylic acids is 1. The Hall–Kier alpha value is -4.10. The fraction of sp³-hybridized carbons (Fsp3) is 0.269.